The van der Waals surface area contributed by atoms with Gasteiger partial charge in [-0.05, 0) is 49.6 Å². The maximum Gasteiger partial charge on any atom is 0.124 e. The fraction of sp³-hybridized carbons (Fsp3) is 0.455. The molecule has 2 heteroatoms. The molecule has 0 aliphatic carbocycles. The van der Waals surface area contributed by atoms with Crippen molar-refractivity contribution in [3.63, 3.8) is 0 Å². The Kier molecular flexibility index (Phi) is 2.94. The van der Waals surface area contributed by atoms with Crippen LogP contribution in [0, 0.1) is 13.8 Å². The molecule has 0 unspecified atom stereocenters. The van der Waals surface area contributed by atoms with Crippen molar-refractivity contribution in [1.29, 1.82) is 0 Å². The van der Waals surface area contributed by atoms with Crippen LogP contribution in [0.1, 0.15) is 29.7 Å². The van der Waals surface area contributed by atoms with E-state index in [9.17, 15) is 5.11 Å². The predicted octanol–water partition coefficient (Wildman–Crippen LogP) is 2.37. The van der Waals surface area contributed by atoms with Crippen LogP contribution in [0.2, 0.25) is 0 Å². The first-order chi connectivity index (χ1) is 6.06. The largest absolute Gasteiger partial charge is 0.496 e. The summed E-state index contributed by atoms with van der Waals surface area (Å²) in [4.78, 5) is 0. The fourth-order valence-electron chi connectivity index (χ4n) is 1.55. The molecule has 2 nitrogen and oxygen atoms in total. The summed E-state index contributed by atoms with van der Waals surface area (Å²) in [6.45, 7) is 5.73. The molecule has 0 spiro atoms. The van der Waals surface area contributed by atoms with Crippen molar-refractivity contribution in [2.24, 2.45) is 0 Å². The molecule has 72 valence electrons. The monoisotopic (exact) mass is 180 g/mol. The summed E-state index contributed by atoms with van der Waals surface area (Å²) in [7, 11) is 1.66. The van der Waals surface area contributed by atoms with Crippen LogP contribution in [0.4, 0.5) is 0 Å². The Hall–Kier alpha value is -1.02. The zero-order chi connectivity index (χ0) is 10.0. The summed E-state index contributed by atoms with van der Waals surface area (Å²) in [6, 6.07) is 3.91. The van der Waals surface area contributed by atoms with Crippen molar-refractivity contribution >= 4 is 0 Å². The van der Waals surface area contributed by atoms with Gasteiger partial charge in [0.1, 0.15) is 5.75 Å². The molecule has 1 atom stereocenters. The van der Waals surface area contributed by atoms with Gasteiger partial charge in [-0.2, -0.15) is 0 Å². The van der Waals surface area contributed by atoms with Crippen LogP contribution >= 0.6 is 0 Å². The van der Waals surface area contributed by atoms with Crippen molar-refractivity contribution in [3.8, 4) is 5.75 Å². The fourth-order valence-corrected chi connectivity index (χ4v) is 1.55. The summed E-state index contributed by atoms with van der Waals surface area (Å²) in [5, 5.41) is 9.40. The second-order valence-electron chi connectivity index (χ2n) is 3.36. The molecule has 0 aliphatic rings. The van der Waals surface area contributed by atoms with Gasteiger partial charge in [0, 0.05) is 0 Å². The Labute approximate surface area is 79.2 Å². The number of hydrogen-bond donors (Lipinski definition) is 1. The maximum atomic E-state index is 9.40. The third-order valence-corrected chi connectivity index (χ3v) is 2.17. The van der Waals surface area contributed by atoms with Gasteiger partial charge < -0.3 is 9.84 Å². The number of aliphatic hydroxyl groups excluding tert-OH is 1. The van der Waals surface area contributed by atoms with Gasteiger partial charge in [0.15, 0.2) is 0 Å². The number of hydrogen-bond acceptors (Lipinski definition) is 2. The summed E-state index contributed by atoms with van der Waals surface area (Å²) < 4.78 is 5.23. The average Bonchev–Trinajstić information content (AvgIpc) is 2.03. The maximum absolute atomic E-state index is 9.40. The van der Waals surface area contributed by atoms with Crippen molar-refractivity contribution in [2.75, 3.05) is 7.11 Å². The molecule has 0 saturated heterocycles. The highest BCUT2D eigenvalue weighted by atomic mass is 16.5. The van der Waals surface area contributed by atoms with E-state index in [-0.39, 0.29) is 0 Å². The normalized spacial score (nSPS) is 12.7. The molecule has 0 aliphatic heterocycles. The lowest BCUT2D eigenvalue weighted by molar-refractivity contribution is 0.199. The van der Waals surface area contributed by atoms with Crippen LogP contribution in [0.25, 0.3) is 0 Å². The number of ether oxygens (including phenoxy) is 1. The van der Waals surface area contributed by atoms with Crippen LogP contribution in [0.15, 0.2) is 12.1 Å². The molecule has 0 saturated carbocycles. The Balaban J connectivity index is 3.20. The summed E-state index contributed by atoms with van der Waals surface area (Å²) in [5.41, 5.74) is 3.08. The van der Waals surface area contributed by atoms with Gasteiger partial charge in [-0.1, -0.05) is 0 Å². The minimum atomic E-state index is -0.414. The Morgan fingerprint density at radius 1 is 1.23 bits per heavy atom. The van der Waals surface area contributed by atoms with Gasteiger partial charge in [-0.25, -0.2) is 0 Å². The third-order valence-electron chi connectivity index (χ3n) is 2.17. The lowest BCUT2D eigenvalue weighted by atomic mass is 10.0. The minimum Gasteiger partial charge on any atom is -0.496 e. The zero-order valence-electron chi connectivity index (χ0n) is 8.59. The highest BCUT2D eigenvalue weighted by Gasteiger charge is 2.07. The van der Waals surface area contributed by atoms with Crippen LogP contribution in [-0.2, 0) is 0 Å². The molecular weight excluding hydrogens is 164 g/mol. The second kappa shape index (κ2) is 3.79. The van der Waals surface area contributed by atoms with E-state index in [1.54, 1.807) is 14.0 Å². The van der Waals surface area contributed by atoms with E-state index >= 15 is 0 Å². The zero-order valence-corrected chi connectivity index (χ0v) is 8.59. The van der Waals surface area contributed by atoms with Crippen LogP contribution in [0.3, 0.4) is 0 Å². The van der Waals surface area contributed by atoms with Gasteiger partial charge in [-0.15, -0.1) is 0 Å². The highest BCUT2D eigenvalue weighted by molar-refractivity contribution is 5.43. The third kappa shape index (κ3) is 2.01. The first-order valence-corrected chi connectivity index (χ1v) is 4.39. The molecular formula is C11H16O2. The van der Waals surface area contributed by atoms with Gasteiger partial charge in [0.2, 0.25) is 0 Å². The molecule has 0 heterocycles. The number of benzene rings is 1. The van der Waals surface area contributed by atoms with E-state index in [0.29, 0.717) is 0 Å². The molecule has 0 amide bonds. The molecule has 0 fully saturated rings. The summed E-state index contributed by atoms with van der Waals surface area (Å²) >= 11 is 0. The van der Waals surface area contributed by atoms with Crippen molar-refractivity contribution < 1.29 is 9.84 Å². The predicted molar refractivity (Wildman–Crippen MR) is 53.1 cm³/mol. The molecule has 1 aromatic carbocycles. The van der Waals surface area contributed by atoms with Crippen LogP contribution < -0.4 is 4.74 Å². The first kappa shape index (κ1) is 10.1. The molecule has 1 N–H and O–H groups in total. The van der Waals surface area contributed by atoms with E-state index in [2.05, 4.69) is 0 Å². The lowest BCUT2D eigenvalue weighted by Crippen LogP contribution is -1.96. The second-order valence-corrected chi connectivity index (χ2v) is 3.36. The molecule has 1 aromatic rings. The van der Waals surface area contributed by atoms with E-state index in [4.69, 9.17) is 4.74 Å². The standard InChI is InChI=1S/C11H16O2/c1-7-5-10(9(3)12)6-8(2)11(7)13-4/h5-6,9,12H,1-4H3/t9-/m1/s1. The van der Waals surface area contributed by atoms with E-state index in [1.165, 1.54) is 0 Å². The van der Waals surface area contributed by atoms with Crippen LogP contribution in [0.5, 0.6) is 5.75 Å². The van der Waals surface area contributed by atoms with Gasteiger partial charge in [0.25, 0.3) is 0 Å². The number of aryl methyl sites for hydroxylation is 2. The molecule has 13 heavy (non-hydrogen) atoms. The van der Waals surface area contributed by atoms with E-state index < -0.39 is 6.10 Å². The molecule has 0 aromatic heterocycles. The topological polar surface area (TPSA) is 29.5 Å². The Morgan fingerprint density at radius 2 is 1.69 bits per heavy atom. The molecule has 1 rings (SSSR count). The SMILES string of the molecule is COc1c(C)cc([C@@H](C)O)cc1C. The van der Waals surface area contributed by atoms with Gasteiger partial charge >= 0.3 is 0 Å². The Bertz CT molecular complexity index is 280. The van der Waals surface area contributed by atoms with Gasteiger partial charge in [0.05, 0.1) is 13.2 Å². The summed E-state index contributed by atoms with van der Waals surface area (Å²) in [6.07, 6.45) is -0.414. The first-order valence-electron chi connectivity index (χ1n) is 4.39. The smallest absolute Gasteiger partial charge is 0.124 e. The lowest BCUT2D eigenvalue weighted by Gasteiger charge is -2.12. The average molecular weight is 180 g/mol. The van der Waals surface area contributed by atoms with Gasteiger partial charge in [-0.3, -0.25) is 0 Å². The minimum absolute atomic E-state index is 0.414. The van der Waals surface area contributed by atoms with E-state index in [1.807, 2.05) is 26.0 Å². The van der Waals surface area contributed by atoms with Crippen molar-refractivity contribution in [2.45, 2.75) is 26.9 Å². The number of aliphatic hydroxyl groups is 1. The highest BCUT2D eigenvalue weighted by Crippen LogP contribution is 2.26. The van der Waals surface area contributed by atoms with Crippen LogP contribution in [-0.4, -0.2) is 12.2 Å². The Morgan fingerprint density at radius 3 is 2.00 bits per heavy atom. The molecule has 0 bridgehead atoms. The van der Waals surface area contributed by atoms with E-state index in [0.717, 1.165) is 22.4 Å². The van der Waals surface area contributed by atoms with Crippen molar-refractivity contribution in [3.05, 3.63) is 28.8 Å². The quantitative estimate of drug-likeness (QED) is 0.757. The molecule has 0 radical (unpaired) electrons. The number of methoxy groups -OCH3 is 1. The summed E-state index contributed by atoms with van der Waals surface area (Å²) in [5.74, 6) is 0.907. The van der Waals surface area contributed by atoms with Crippen molar-refractivity contribution in [1.82, 2.24) is 0 Å². The number of rotatable bonds is 2.